The SMILES string of the molecule is Cc1ccccc1N1CCN(c2ccc(C(=O)NCCCN3CCCC3=O)cc2NC(=O)c2cccs2)CC1. The second-order valence-corrected chi connectivity index (χ2v) is 11.0. The molecule has 2 aliphatic rings. The Labute approximate surface area is 233 Å². The maximum atomic E-state index is 13.0. The van der Waals surface area contributed by atoms with Crippen molar-refractivity contribution in [2.75, 3.05) is 60.9 Å². The van der Waals surface area contributed by atoms with Gasteiger partial charge in [-0.1, -0.05) is 24.3 Å². The summed E-state index contributed by atoms with van der Waals surface area (Å²) in [5, 5.41) is 7.90. The van der Waals surface area contributed by atoms with Crippen molar-refractivity contribution in [3.8, 4) is 0 Å². The van der Waals surface area contributed by atoms with Gasteiger partial charge in [-0.25, -0.2) is 0 Å². The molecule has 1 aromatic heterocycles. The predicted molar refractivity (Wildman–Crippen MR) is 157 cm³/mol. The highest BCUT2D eigenvalue weighted by atomic mass is 32.1. The van der Waals surface area contributed by atoms with Gasteiger partial charge in [0.05, 0.1) is 16.3 Å². The number of hydrogen-bond acceptors (Lipinski definition) is 6. The lowest BCUT2D eigenvalue weighted by atomic mass is 10.1. The van der Waals surface area contributed by atoms with Crippen molar-refractivity contribution in [1.82, 2.24) is 10.2 Å². The number of carbonyl (C=O) groups excluding carboxylic acids is 3. The molecule has 0 bridgehead atoms. The number of para-hydroxylation sites is 1. The normalized spacial score (nSPS) is 15.5. The highest BCUT2D eigenvalue weighted by molar-refractivity contribution is 7.12. The van der Waals surface area contributed by atoms with Crippen LogP contribution in [-0.4, -0.2) is 68.4 Å². The van der Waals surface area contributed by atoms with Crippen LogP contribution >= 0.6 is 11.3 Å². The Balaban J connectivity index is 1.27. The summed E-state index contributed by atoms with van der Waals surface area (Å²) in [4.78, 5) is 44.9. The Morgan fingerprint density at radius 3 is 2.36 bits per heavy atom. The van der Waals surface area contributed by atoms with Crippen LogP contribution in [0.3, 0.4) is 0 Å². The number of likely N-dealkylation sites (tertiary alicyclic amines) is 1. The number of benzene rings is 2. The largest absolute Gasteiger partial charge is 0.368 e. The smallest absolute Gasteiger partial charge is 0.265 e. The molecule has 0 aliphatic carbocycles. The lowest BCUT2D eigenvalue weighted by Crippen LogP contribution is -2.47. The van der Waals surface area contributed by atoms with Crippen LogP contribution in [0.2, 0.25) is 0 Å². The second kappa shape index (κ2) is 12.3. The zero-order chi connectivity index (χ0) is 27.2. The van der Waals surface area contributed by atoms with E-state index < -0.39 is 0 Å². The van der Waals surface area contributed by atoms with Crippen LogP contribution in [0.15, 0.2) is 60.0 Å². The third kappa shape index (κ3) is 6.42. The lowest BCUT2D eigenvalue weighted by molar-refractivity contribution is -0.127. The van der Waals surface area contributed by atoms with Crippen LogP contribution in [0.5, 0.6) is 0 Å². The first-order chi connectivity index (χ1) is 19.0. The van der Waals surface area contributed by atoms with E-state index in [0.717, 1.165) is 44.8 Å². The summed E-state index contributed by atoms with van der Waals surface area (Å²) in [7, 11) is 0. The van der Waals surface area contributed by atoms with Crippen molar-refractivity contribution < 1.29 is 14.4 Å². The molecule has 8 nitrogen and oxygen atoms in total. The fourth-order valence-electron chi connectivity index (χ4n) is 5.27. The summed E-state index contributed by atoms with van der Waals surface area (Å²) in [5.74, 6) is -0.175. The van der Waals surface area contributed by atoms with Crippen LogP contribution in [-0.2, 0) is 4.79 Å². The minimum absolute atomic E-state index is 0.183. The molecule has 2 aliphatic heterocycles. The van der Waals surface area contributed by atoms with E-state index in [2.05, 4.69) is 51.6 Å². The monoisotopic (exact) mass is 545 g/mol. The van der Waals surface area contributed by atoms with E-state index in [1.54, 1.807) is 12.1 Å². The van der Waals surface area contributed by atoms with E-state index in [1.807, 2.05) is 28.5 Å². The summed E-state index contributed by atoms with van der Waals surface area (Å²) in [5.41, 5.74) is 4.55. The summed E-state index contributed by atoms with van der Waals surface area (Å²) >= 11 is 1.39. The molecule has 0 unspecified atom stereocenters. The number of aryl methyl sites for hydroxylation is 1. The van der Waals surface area contributed by atoms with E-state index in [4.69, 9.17) is 0 Å². The standard InChI is InChI=1S/C30H35N5O3S/c1-22-7-2-3-8-25(22)33-16-18-34(19-17-33)26-12-11-23(21-24(26)32-30(38)27-9-5-20-39-27)29(37)31-13-6-15-35-14-4-10-28(35)36/h2-3,5,7-9,11-12,20-21H,4,6,10,13-19H2,1H3,(H,31,37)(H,32,38). The van der Waals surface area contributed by atoms with Crippen LogP contribution in [0, 0.1) is 6.92 Å². The minimum atomic E-state index is -0.190. The van der Waals surface area contributed by atoms with Crippen molar-refractivity contribution in [2.24, 2.45) is 0 Å². The summed E-state index contributed by atoms with van der Waals surface area (Å²) in [6.07, 6.45) is 2.25. The third-order valence-corrected chi connectivity index (χ3v) is 8.26. The van der Waals surface area contributed by atoms with E-state index >= 15 is 0 Å². The molecular weight excluding hydrogens is 510 g/mol. The van der Waals surface area contributed by atoms with Gasteiger partial charge in [-0.15, -0.1) is 11.3 Å². The second-order valence-electron chi connectivity index (χ2n) is 10.0. The molecule has 2 N–H and O–H groups in total. The molecule has 39 heavy (non-hydrogen) atoms. The van der Waals surface area contributed by atoms with Crippen molar-refractivity contribution >= 4 is 46.1 Å². The summed E-state index contributed by atoms with van der Waals surface area (Å²) in [6.45, 7) is 7.43. The highest BCUT2D eigenvalue weighted by Gasteiger charge is 2.23. The molecule has 204 valence electrons. The maximum Gasteiger partial charge on any atom is 0.265 e. The number of amides is 3. The summed E-state index contributed by atoms with van der Waals surface area (Å²) < 4.78 is 0. The molecule has 5 rings (SSSR count). The Bertz CT molecular complexity index is 1320. The van der Waals surface area contributed by atoms with Gasteiger partial charge in [0.25, 0.3) is 11.8 Å². The fourth-order valence-corrected chi connectivity index (χ4v) is 5.88. The Hall–Kier alpha value is -3.85. The third-order valence-electron chi connectivity index (χ3n) is 7.39. The van der Waals surface area contributed by atoms with Crippen LogP contribution in [0.1, 0.15) is 44.9 Å². The number of anilines is 3. The van der Waals surface area contributed by atoms with Gasteiger partial charge in [-0.3, -0.25) is 14.4 Å². The van der Waals surface area contributed by atoms with E-state index in [9.17, 15) is 14.4 Å². The Kier molecular flexibility index (Phi) is 8.46. The molecule has 0 saturated carbocycles. The van der Waals surface area contributed by atoms with E-state index in [1.165, 1.54) is 22.6 Å². The Morgan fingerprint density at radius 1 is 0.897 bits per heavy atom. The van der Waals surface area contributed by atoms with Gasteiger partial charge in [-0.05, 0) is 61.0 Å². The highest BCUT2D eigenvalue weighted by Crippen LogP contribution is 2.31. The molecule has 3 amide bonds. The van der Waals surface area contributed by atoms with E-state index in [0.29, 0.717) is 42.1 Å². The topological polar surface area (TPSA) is 85.0 Å². The molecule has 9 heteroatoms. The number of hydrogen-bond donors (Lipinski definition) is 2. The molecule has 2 aromatic carbocycles. The van der Waals surface area contributed by atoms with Gasteiger partial charge in [-0.2, -0.15) is 0 Å². The maximum absolute atomic E-state index is 13.0. The zero-order valence-corrected chi connectivity index (χ0v) is 23.1. The van der Waals surface area contributed by atoms with Crippen LogP contribution < -0.4 is 20.4 Å². The molecule has 2 saturated heterocycles. The van der Waals surface area contributed by atoms with Crippen molar-refractivity contribution in [3.63, 3.8) is 0 Å². The molecule has 0 radical (unpaired) electrons. The number of rotatable bonds is 9. The Morgan fingerprint density at radius 2 is 1.67 bits per heavy atom. The van der Waals surface area contributed by atoms with Gasteiger partial charge in [0.1, 0.15) is 0 Å². The summed E-state index contributed by atoms with van der Waals surface area (Å²) in [6, 6.07) is 17.6. The van der Waals surface area contributed by atoms with Crippen LogP contribution in [0.4, 0.5) is 17.1 Å². The van der Waals surface area contributed by atoms with Gasteiger partial charge in [0.15, 0.2) is 0 Å². The van der Waals surface area contributed by atoms with Gasteiger partial charge in [0.2, 0.25) is 5.91 Å². The fraction of sp³-hybridized carbons (Fsp3) is 0.367. The van der Waals surface area contributed by atoms with Crippen molar-refractivity contribution in [3.05, 3.63) is 76.0 Å². The average Bonchev–Trinajstić information content (AvgIpc) is 3.64. The number of piperazine rings is 1. The van der Waals surface area contributed by atoms with Gasteiger partial charge in [0, 0.05) is 63.5 Å². The van der Waals surface area contributed by atoms with Crippen molar-refractivity contribution in [1.29, 1.82) is 0 Å². The zero-order valence-electron chi connectivity index (χ0n) is 22.3. The molecule has 0 spiro atoms. The number of nitrogens with zero attached hydrogens (tertiary/aromatic N) is 3. The first-order valence-electron chi connectivity index (χ1n) is 13.6. The molecule has 2 fully saturated rings. The first kappa shape index (κ1) is 26.7. The van der Waals surface area contributed by atoms with E-state index in [-0.39, 0.29) is 17.7 Å². The molecule has 0 atom stereocenters. The average molecular weight is 546 g/mol. The predicted octanol–water partition coefficient (Wildman–Crippen LogP) is 4.38. The number of nitrogens with one attached hydrogen (secondary N) is 2. The quantitative estimate of drug-likeness (QED) is 0.390. The van der Waals surface area contributed by atoms with Gasteiger partial charge < -0.3 is 25.3 Å². The van der Waals surface area contributed by atoms with Crippen molar-refractivity contribution in [2.45, 2.75) is 26.2 Å². The van der Waals surface area contributed by atoms with Crippen LogP contribution in [0.25, 0.3) is 0 Å². The molecule has 3 heterocycles. The molecular formula is C30H35N5O3S. The minimum Gasteiger partial charge on any atom is -0.368 e. The molecule has 3 aromatic rings. The number of carbonyl (C=O) groups is 3. The first-order valence-corrected chi connectivity index (χ1v) is 14.5. The number of thiophene rings is 1. The van der Waals surface area contributed by atoms with Gasteiger partial charge >= 0.3 is 0 Å². The lowest BCUT2D eigenvalue weighted by Gasteiger charge is -2.38.